The quantitative estimate of drug-likeness (QED) is 0.517. The first-order chi connectivity index (χ1) is 15.8. The molecular weight excluding hydrogens is 464 g/mol. The monoisotopic (exact) mass is 488 g/mol. The number of cyclic esters (lactones) is 1. The lowest BCUT2D eigenvalue weighted by molar-refractivity contribution is -0.152. The van der Waals surface area contributed by atoms with Gasteiger partial charge in [0, 0.05) is 35.2 Å². The summed E-state index contributed by atoms with van der Waals surface area (Å²) in [6.45, 7) is 2.60. The summed E-state index contributed by atoms with van der Waals surface area (Å²) in [5.41, 5.74) is 0.687. The van der Waals surface area contributed by atoms with Gasteiger partial charge in [-0.2, -0.15) is 0 Å². The molecule has 2 saturated heterocycles. The summed E-state index contributed by atoms with van der Waals surface area (Å²) in [6, 6.07) is 6.22. The second-order valence-electron chi connectivity index (χ2n) is 8.97. The summed E-state index contributed by atoms with van der Waals surface area (Å²) in [5, 5.41) is 10.0. The Morgan fingerprint density at radius 1 is 1.12 bits per heavy atom. The van der Waals surface area contributed by atoms with Crippen LogP contribution in [0.15, 0.2) is 48.6 Å². The van der Waals surface area contributed by atoms with Crippen LogP contribution in [0.3, 0.4) is 0 Å². The molecule has 1 spiro atoms. The number of amides is 2. The standard InChI is InChI=1S/C24H25ClN2O5S/c1-23-9-3-14-32-22(31)18(23)17-20(29)27(12-4-13-28)19-21(30)26(11-2-10-24(17,19)33-23)16-7-5-15(25)6-8-16/h2-3,5-10,17-19,28H,4,11-14H2,1H3/t17-,18-,19?,23+,24-/m0/s1. The smallest absolute Gasteiger partial charge is 0.311 e. The predicted octanol–water partition coefficient (Wildman–Crippen LogP) is 2.43. The number of hydrogen-bond donors (Lipinski definition) is 1. The van der Waals surface area contributed by atoms with E-state index in [2.05, 4.69) is 0 Å². The van der Waals surface area contributed by atoms with Crippen LogP contribution in [0.5, 0.6) is 0 Å². The van der Waals surface area contributed by atoms with Gasteiger partial charge in [0.1, 0.15) is 12.6 Å². The number of fused-ring (bicyclic) bond motifs is 2. The third kappa shape index (κ3) is 3.33. The largest absolute Gasteiger partial charge is 0.461 e. The number of aliphatic hydroxyl groups is 1. The molecule has 4 heterocycles. The molecule has 0 radical (unpaired) electrons. The molecule has 4 aliphatic heterocycles. The number of thioether (sulfide) groups is 1. The first-order valence-corrected chi connectivity index (χ1v) is 12.2. The average Bonchev–Trinajstić information content (AvgIpc) is 3.04. The Kier molecular flexibility index (Phi) is 5.58. The molecule has 2 amide bonds. The zero-order chi connectivity index (χ0) is 23.4. The third-order valence-electron chi connectivity index (χ3n) is 7.01. The summed E-state index contributed by atoms with van der Waals surface area (Å²) in [4.78, 5) is 44.2. The zero-order valence-corrected chi connectivity index (χ0v) is 19.7. The van der Waals surface area contributed by atoms with Gasteiger partial charge in [-0.3, -0.25) is 14.4 Å². The van der Waals surface area contributed by atoms with Gasteiger partial charge in [0.25, 0.3) is 5.91 Å². The van der Waals surface area contributed by atoms with E-state index in [1.54, 1.807) is 34.1 Å². The minimum atomic E-state index is -0.912. The lowest BCUT2D eigenvalue weighted by Gasteiger charge is -2.36. The molecule has 174 valence electrons. The van der Waals surface area contributed by atoms with E-state index in [0.717, 1.165) is 0 Å². The molecule has 1 N–H and O–H groups in total. The van der Waals surface area contributed by atoms with Gasteiger partial charge < -0.3 is 19.6 Å². The van der Waals surface area contributed by atoms with Gasteiger partial charge in [-0.25, -0.2) is 0 Å². The minimum absolute atomic E-state index is 0.0990. The number of hydrogen-bond acceptors (Lipinski definition) is 6. The highest BCUT2D eigenvalue weighted by atomic mass is 35.5. The second-order valence-corrected chi connectivity index (χ2v) is 11.2. The maximum atomic E-state index is 14.1. The maximum absolute atomic E-state index is 14.1. The molecular formula is C24H25ClN2O5S. The highest BCUT2D eigenvalue weighted by Crippen LogP contribution is 2.65. The van der Waals surface area contributed by atoms with Crippen molar-refractivity contribution in [1.82, 2.24) is 4.90 Å². The first kappa shape index (κ1) is 22.5. The van der Waals surface area contributed by atoms with Crippen LogP contribution in [0.1, 0.15) is 13.3 Å². The van der Waals surface area contributed by atoms with Crippen LogP contribution < -0.4 is 4.90 Å². The molecule has 5 rings (SSSR count). The van der Waals surface area contributed by atoms with E-state index in [-0.39, 0.29) is 31.6 Å². The van der Waals surface area contributed by atoms with Crippen molar-refractivity contribution >= 4 is 46.8 Å². The van der Waals surface area contributed by atoms with E-state index in [1.165, 1.54) is 11.8 Å². The Morgan fingerprint density at radius 2 is 1.88 bits per heavy atom. The summed E-state index contributed by atoms with van der Waals surface area (Å²) in [6.07, 6.45) is 7.98. The molecule has 0 bridgehead atoms. The van der Waals surface area contributed by atoms with Crippen LogP contribution in [0, 0.1) is 11.8 Å². The summed E-state index contributed by atoms with van der Waals surface area (Å²) in [5.74, 6) is -2.28. The number of rotatable bonds is 4. The molecule has 0 aromatic heterocycles. The number of carbonyl (C=O) groups is 3. The molecule has 0 saturated carbocycles. The highest BCUT2D eigenvalue weighted by Gasteiger charge is 2.74. The molecule has 2 fully saturated rings. The number of nitrogens with zero attached hydrogens (tertiary/aromatic N) is 2. The summed E-state index contributed by atoms with van der Waals surface area (Å²) in [7, 11) is 0. The van der Waals surface area contributed by atoms with Crippen molar-refractivity contribution in [3.05, 3.63) is 53.6 Å². The second kappa shape index (κ2) is 8.18. The normalized spacial score (nSPS) is 35.1. The molecule has 5 atom stereocenters. The van der Waals surface area contributed by atoms with E-state index in [0.29, 0.717) is 23.7 Å². The van der Waals surface area contributed by atoms with E-state index >= 15 is 0 Å². The van der Waals surface area contributed by atoms with Gasteiger partial charge in [0.05, 0.1) is 16.6 Å². The highest BCUT2D eigenvalue weighted by molar-refractivity contribution is 8.02. The van der Waals surface area contributed by atoms with Gasteiger partial charge in [-0.05, 0) is 43.7 Å². The molecule has 1 unspecified atom stereocenters. The lowest BCUT2D eigenvalue weighted by atomic mass is 9.75. The Morgan fingerprint density at radius 3 is 2.61 bits per heavy atom. The molecule has 4 aliphatic rings. The Balaban J connectivity index is 1.63. The van der Waals surface area contributed by atoms with Gasteiger partial charge in [-0.15, -0.1) is 11.8 Å². The van der Waals surface area contributed by atoms with Gasteiger partial charge in [0.2, 0.25) is 5.91 Å². The molecule has 1 aromatic carbocycles. The summed E-state index contributed by atoms with van der Waals surface area (Å²) < 4.78 is 3.83. The Labute approximate surface area is 201 Å². The number of aliphatic hydroxyl groups excluding tert-OH is 1. The molecule has 7 nitrogen and oxygen atoms in total. The third-order valence-corrected chi connectivity index (χ3v) is 9.06. The van der Waals surface area contributed by atoms with Crippen LogP contribution in [0.25, 0.3) is 0 Å². The molecule has 33 heavy (non-hydrogen) atoms. The fraction of sp³-hybridized carbons (Fsp3) is 0.458. The van der Waals surface area contributed by atoms with Gasteiger partial charge in [-0.1, -0.05) is 29.8 Å². The maximum Gasteiger partial charge on any atom is 0.311 e. The van der Waals surface area contributed by atoms with Crippen LogP contribution in [0.4, 0.5) is 5.69 Å². The average molecular weight is 489 g/mol. The minimum Gasteiger partial charge on any atom is -0.461 e. The van der Waals surface area contributed by atoms with Crippen LogP contribution in [-0.2, 0) is 19.1 Å². The fourth-order valence-corrected chi connectivity index (χ4v) is 7.97. The number of likely N-dealkylation sites (tertiary alicyclic amines) is 1. The van der Waals surface area contributed by atoms with Crippen LogP contribution in [0.2, 0.25) is 5.02 Å². The van der Waals surface area contributed by atoms with E-state index in [9.17, 15) is 19.5 Å². The number of halogens is 1. The molecule has 1 aromatic rings. The van der Waals surface area contributed by atoms with Crippen LogP contribution >= 0.6 is 23.4 Å². The Hall–Kier alpha value is -2.29. The van der Waals surface area contributed by atoms with Crippen molar-refractivity contribution in [1.29, 1.82) is 0 Å². The number of ether oxygens (including phenoxy) is 1. The fourth-order valence-electron chi connectivity index (χ4n) is 5.69. The number of anilines is 1. The Bertz CT molecular complexity index is 1060. The van der Waals surface area contributed by atoms with E-state index < -0.39 is 33.3 Å². The van der Waals surface area contributed by atoms with Crippen molar-refractivity contribution in [2.45, 2.75) is 28.9 Å². The van der Waals surface area contributed by atoms with Crippen molar-refractivity contribution in [3.63, 3.8) is 0 Å². The lowest BCUT2D eigenvalue weighted by Crippen LogP contribution is -2.53. The molecule has 0 aliphatic carbocycles. The number of esters is 1. The van der Waals surface area contributed by atoms with Gasteiger partial charge in [0.15, 0.2) is 0 Å². The van der Waals surface area contributed by atoms with Crippen molar-refractivity contribution in [3.8, 4) is 0 Å². The van der Waals surface area contributed by atoms with E-state index in [1.807, 2.05) is 31.2 Å². The van der Waals surface area contributed by atoms with Crippen LogP contribution in [-0.4, -0.2) is 69.6 Å². The predicted molar refractivity (Wildman–Crippen MR) is 126 cm³/mol. The topological polar surface area (TPSA) is 87.1 Å². The zero-order valence-electron chi connectivity index (χ0n) is 18.1. The number of benzene rings is 1. The number of carbonyl (C=O) groups excluding carboxylic acids is 3. The first-order valence-electron chi connectivity index (χ1n) is 11.0. The van der Waals surface area contributed by atoms with E-state index in [4.69, 9.17) is 16.3 Å². The van der Waals surface area contributed by atoms with Crippen molar-refractivity contribution < 1.29 is 24.2 Å². The van der Waals surface area contributed by atoms with Crippen molar-refractivity contribution in [2.24, 2.45) is 11.8 Å². The SMILES string of the molecule is C[C@@]12C=CCOC(=O)[C@@H]1[C@H]1C(=O)N(CCCO)C3C(=O)N(c4ccc(Cl)cc4)CC=C[C@@]31S2. The molecule has 9 heteroatoms. The van der Waals surface area contributed by atoms with Gasteiger partial charge >= 0.3 is 5.97 Å². The van der Waals surface area contributed by atoms with Crippen molar-refractivity contribution in [2.75, 3.05) is 31.2 Å². The summed E-state index contributed by atoms with van der Waals surface area (Å²) >= 11 is 7.55.